The van der Waals surface area contributed by atoms with E-state index in [0.717, 1.165) is 29.7 Å². The number of pyridine rings is 1. The predicted octanol–water partition coefficient (Wildman–Crippen LogP) is 3.67. The van der Waals surface area contributed by atoms with Crippen LogP contribution in [0.1, 0.15) is 31.2 Å². The van der Waals surface area contributed by atoms with E-state index in [-0.39, 0.29) is 23.0 Å². The highest BCUT2D eigenvalue weighted by Crippen LogP contribution is 2.38. The predicted molar refractivity (Wildman–Crippen MR) is 96.7 cm³/mol. The number of hydrogen-bond acceptors (Lipinski definition) is 5. The number of nitrogens with one attached hydrogen (secondary N) is 1. The van der Waals surface area contributed by atoms with E-state index < -0.39 is 17.3 Å². The maximum Gasteiger partial charge on any atom is 0.417 e. The van der Waals surface area contributed by atoms with Gasteiger partial charge in [-0.2, -0.15) is 23.0 Å². The van der Waals surface area contributed by atoms with Gasteiger partial charge in [0.15, 0.2) is 5.82 Å². The van der Waals surface area contributed by atoms with Crippen LogP contribution in [0.5, 0.6) is 0 Å². The molecule has 6 nitrogen and oxygen atoms in total. The molecule has 3 heterocycles. The molecule has 2 aromatic rings. The number of anilines is 1. The minimum absolute atomic E-state index is 0.0358. The fraction of sp³-hybridized carbons (Fsp3) is 0.500. The van der Waals surface area contributed by atoms with Crippen molar-refractivity contribution in [2.24, 2.45) is 5.92 Å². The fourth-order valence-corrected chi connectivity index (χ4v) is 3.53. The van der Waals surface area contributed by atoms with Crippen LogP contribution in [0.2, 0.25) is 5.02 Å². The Bertz CT molecular complexity index is 913. The van der Waals surface area contributed by atoms with E-state index in [9.17, 15) is 18.0 Å². The van der Waals surface area contributed by atoms with E-state index in [4.69, 9.17) is 16.3 Å². The van der Waals surface area contributed by atoms with Crippen molar-refractivity contribution in [3.05, 3.63) is 45.5 Å². The highest BCUT2D eigenvalue weighted by atomic mass is 35.5. The van der Waals surface area contributed by atoms with Crippen LogP contribution in [0.25, 0.3) is 5.82 Å². The lowest BCUT2D eigenvalue weighted by Crippen LogP contribution is -2.36. The lowest BCUT2D eigenvalue weighted by Gasteiger charge is -2.31. The van der Waals surface area contributed by atoms with Crippen LogP contribution in [0.15, 0.2) is 29.3 Å². The van der Waals surface area contributed by atoms with Crippen molar-refractivity contribution in [2.75, 3.05) is 11.9 Å². The Morgan fingerprint density at radius 3 is 2.64 bits per heavy atom. The van der Waals surface area contributed by atoms with Crippen molar-refractivity contribution in [2.45, 2.75) is 44.0 Å². The lowest BCUT2D eigenvalue weighted by molar-refractivity contribution is -0.137. The van der Waals surface area contributed by atoms with E-state index in [0.29, 0.717) is 24.4 Å². The second-order valence-electron chi connectivity index (χ2n) is 7.10. The third-order valence-corrected chi connectivity index (χ3v) is 5.40. The molecular formula is C18H18ClF3N4O2. The van der Waals surface area contributed by atoms with Gasteiger partial charge in [0.25, 0.3) is 5.56 Å². The highest BCUT2D eigenvalue weighted by Gasteiger charge is 2.36. The van der Waals surface area contributed by atoms with Gasteiger partial charge in [-0.25, -0.2) is 4.98 Å². The first kappa shape index (κ1) is 19.2. The quantitative estimate of drug-likeness (QED) is 0.826. The van der Waals surface area contributed by atoms with E-state index in [1.54, 1.807) is 0 Å². The van der Waals surface area contributed by atoms with Crippen LogP contribution in [0.3, 0.4) is 0 Å². The summed E-state index contributed by atoms with van der Waals surface area (Å²) in [6.45, 7) is 0.649. The molecule has 10 heteroatoms. The van der Waals surface area contributed by atoms with Crippen LogP contribution in [0, 0.1) is 5.92 Å². The Labute approximate surface area is 163 Å². The fourth-order valence-electron chi connectivity index (χ4n) is 3.35. The first-order valence-corrected chi connectivity index (χ1v) is 9.40. The Morgan fingerprint density at radius 1 is 1.21 bits per heavy atom. The zero-order valence-corrected chi connectivity index (χ0v) is 15.5. The molecule has 2 atom stereocenters. The summed E-state index contributed by atoms with van der Waals surface area (Å²) < 4.78 is 44.7. The average Bonchev–Trinajstić information content (AvgIpc) is 3.51. The summed E-state index contributed by atoms with van der Waals surface area (Å²) in [5.74, 6) is 0.586. The van der Waals surface area contributed by atoms with E-state index in [2.05, 4.69) is 15.4 Å². The number of hydrogen-bond donors (Lipinski definition) is 1. The van der Waals surface area contributed by atoms with Gasteiger partial charge in [-0.05, 0) is 43.7 Å². The summed E-state index contributed by atoms with van der Waals surface area (Å²) in [7, 11) is 0. The number of alkyl halides is 3. The van der Waals surface area contributed by atoms with Gasteiger partial charge in [-0.15, -0.1) is 0 Å². The van der Waals surface area contributed by atoms with Crippen molar-refractivity contribution >= 4 is 17.3 Å². The zero-order valence-electron chi connectivity index (χ0n) is 14.7. The second kappa shape index (κ2) is 7.36. The van der Waals surface area contributed by atoms with Crippen LogP contribution in [-0.2, 0) is 10.9 Å². The number of rotatable bonds is 4. The Balaban J connectivity index is 1.52. The second-order valence-corrected chi connectivity index (χ2v) is 7.48. The van der Waals surface area contributed by atoms with Gasteiger partial charge in [-0.1, -0.05) is 11.6 Å². The molecule has 150 valence electrons. The summed E-state index contributed by atoms with van der Waals surface area (Å²) in [5, 5.41) is 7.19. The van der Waals surface area contributed by atoms with Crippen molar-refractivity contribution in [1.82, 2.24) is 14.8 Å². The summed E-state index contributed by atoms with van der Waals surface area (Å²) in [6, 6.07) is 2.05. The topological polar surface area (TPSA) is 69.0 Å². The first-order chi connectivity index (χ1) is 13.3. The van der Waals surface area contributed by atoms with Gasteiger partial charge < -0.3 is 10.1 Å². The van der Waals surface area contributed by atoms with Crippen LogP contribution >= 0.6 is 11.6 Å². The van der Waals surface area contributed by atoms with E-state index >= 15 is 0 Å². The molecule has 1 N–H and O–H groups in total. The normalized spacial score (nSPS) is 22.9. The lowest BCUT2D eigenvalue weighted by atomic mass is 10.00. The van der Waals surface area contributed by atoms with Crippen molar-refractivity contribution in [3.63, 3.8) is 0 Å². The maximum absolute atomic E-state index is 12.7. The third kappa shape index (κ3) is 4.00. The Morgan fingerprint density at radius 2 is 2.00 bits per heavy atom. The molecule has 0 radical (unpaired) electrons. The standard InChI is InChI=1S/C18H18ClF3N4O2/c19-16-13(25-12-5-6-28-14(7-12)10-1-2-10)9-24-26(17(16)27)15-4-3-11(8-23-15)18(20,21)22/h3-4,8-10,12,14,25H,1-2,5-7H2. The molecule has 0 bridgehead atoms. The molecule has 2 aliphatic rings. The summed E-state index contributed by atoms with van der Waals surface area (Å²) >= 11 is 6.21. The first-order valence-electron chi connectivity index (χ1n) is 9.02. The molecule has 0 aromatic carbocycles. The van der Waals surface area contributed by atoms with Crippen molar-refractivity contribution < 1.29 is 17.9 Å². The average molecular weight is 415 g/mol. The molecule has 1 saturated carbocycles. The van der Waals surface area contributed by atoms with Crippen molar-refractivity contribution in [3.8, 4) is 5.82 Å². The molecule has 1 aliphatic heterocycles. The summed E-state index contributed by atoms with van der Waals surface area (Å²) in [5.41, 5.74) is -1.15. The molecule has 0 spiro atoms. The largest absolute Gasteiger partial charge is 0.417 e. The molecule has 4 rings (SSSR count). The van der Waals surface area contributed by atoms with Gasteiger partial charge >= 0.3 is 6.18 Å². The van der Waals surface area contributed by atoms with Gasteiger partial charge in [0.2, 0.25) is 0 Å². The summed E-state index contributed by atoms with van der Waals surface area (Å²) in [4.78, 5) is 16.2. The maximum atomic E-state index is 12.7. The van der Waals surface area contributed by atoms with Gasteiger partial charge in [0.1, 0.15) is 5.02 Å². The number of nitrogens with zero attached hydrogens (tertiary/aromatic N) is 3. The Hall–Kier alpha value is -2.13. The van der Waals surface area contributed by atoms with Gasteiger partial charge in [-0.3, -0.25) is 4.79 Å². The molecule has 1 saturated heterocycles. The molecule has 2 unspecified atom stereocenters. The summed E-state index contributed by atoms with van der Waals surface area (Å²) in [6.07, 6.45) is 1.79. The molecule has 2 aromatic heterocycles. The minimum Gasteiger partial charge on any atom is -0.379 e. The number of ether oxygens (including phenoxy) is 1. The van der Waals surface area contributed by atoms with E-state index in [1.807, 2.05) is 0 Å². The minimum atomic E-state index is -4.50. The highest BCUT2D eigenvalue weighted by molar-refractivity contribution is 6.32. The van der Waals surface area contributed by atoms with Crippen molar-refractivity contribution in [1.29, 1.82) is 0 Å². The molecular weight excluding hydrogens is 397 g/mol. The number of aromatic nitrogens is 3. The van der Waals surface area contributed by atoms with Crippen LogP contribution in [0.4, 0.5) is 18.9 Å². The van der Waals surface area contributed by atoms with Crippen LogP contribution < -0.4 is 10.9 Å². The van der Waals surface area contributed by atoms with E-state index in [1.165, 1.54) is 19.0 Å². The molecule has 2 fully saturated rings. The van der Waals surface area contributed by atoms with Gasteiger partial charge in [0.05, 0.1) is 23.6 Å². The van der Waals surface area contributed by atoms with Crippen LogP contribution in [-0.4, -0.2) is 33.5 Å². The smallest absolute Gasteiger partial charge is 0.379 e. The zero-order chi connectivity index (χ0) is 19.9. The molecule has 0 amide bonds. The monoisotopic (exact) mass is 414 g/mol. The number of halogens is 4. The third-order valence-electron chi connectivity index (χ3n) is 5.03. The SMILES string of the molecule is O=c1c(Cl)c(NC2CCOC(C3CC3)C2)cnn1-c1ccc(C(F)(F)F)cn1. The Kier molecular flexibility index (Phi) is 5.05. The molecule has 28 heavy (non-hydrogen) atoms. The van der Waals surface area contributed by atoms with Gasteiger partial charge in [0, 0.05) is 18.8 Å². The molecule has 1 aliphatic carbocycles.